The van der Waals surface area contributed by atoms with Crippen molar-refractivity contribution in [3.8, 4) is 0 Å². The lowest BCUT2D eigenvalue weighted by atomic mass is 9.80. The first-order chi connectivity index (χ1) is 8.49. The van der Waals surface area contributed by atoms with Crippen molar-refractivity contribution in [3.63, 3.8) is 0 Å². The summed E-state index contributed by atoms with van der Waals surface area (Å²) >= 11 is 0. The topological polar surface area (TPSA) is 12.0 Å². The Labute approximate surface area is 112 Å². The van der Waals surface area contributed by atoms with E-state index >= 15 is 0 Å². The molecule has 1 aliphatic carbocycles. The summed E-state index contributed by atoms with van der Waals surface area (Å²) in [4.78, 5) is 0. The number of rotatable bonds is 4. The van der Waals surface area contributed by atoms with Crippen LogP contribution in [0.1, 0.15) is 45.2 Å². The molecular formula is C17H27N. The molecule has 0 heterocycles. The van der Waals surface area contributed by atoms with Gasteiger partial charge >= 0.3 is 0 Å². The van der Waals surface area contributed by atoms with Crippen LogP contribution >= 0.6 is 0 Å². The van der Waals surface area contributed by atoms with Gasteiger partial charge in [-0.15, -0.1) is 0 Å². The van der Waals surface area contributed by atoms with Gasteiger partial charge in [0.25, 0.3) is 0 Å². The van der Waals surface area contributed by atoms with Crippen LogP contribution in [0.2, 0.25) is 0 Å². The Morgan fingerprint density at radius 1 is 1.22 bits per heavy atom. The van der Waals surface area contributed by atoms with E-state index in [0.29, 0.717) is 11.5 Å². The number of hydrogen-bond acceptors (Lipinski definition) is 1. The minimum Gasteiger partial charge on any atom is -0.313 e. The highest BCUT2D eigenvalue weighted by atomic mass is 14.9. The Bertz CT molecular complexity index is 392. The molecule has 1 heteroatoms. The molecule has 0 radical (unpaired) electrons. The summed E-state index contributed by atoms with van der Waals surface area (Å²) in [7, 11) is 0. The van der Waals surface area contributed by atoms with E-state index in [1.54, 1.807) is 11.1 Å². The molecule has 18 heavy (non-hydrogen) atoms. The summed E-state index contributed by atoms with van der Waals surface area (Å²) in [5.74, 6) is 0.723. The van der Waals surface area contributed by atoms with Gasteiger partial charge in [-0.1, -0.05) is 52.0 Å². The van der Waals surface area contributed by atoms with Gasteiger partial charge in [0.15, 0.2) is 0 Å². The maximum Gasteiger partial charge on any atom is 0.0111 e. The molecule has 1 aromatic rings. The van der Waals surface area contributed by atoms with E-state index in [1.165, 1.54) is 19.3 Å². The van der Waals surface area contributed by atoms with Crippen LogP contribution in [0.5, 0.6) is 0 Å². The predicted molar refractivity (Wildman–Crippen MR) is 78.9 cm³/mol. The van der Waals surface area contributed by atoms with Gasteiger partial charge in [-0.05, 0) is 41.7 Å². The normalized spacial score (nSPS) is 19.9. The molecule has 1 N–H and O–H groups in total. The highest BCUT2D eigenvalue weighted by molar-refractivity contribution is 5.30. The Kier molecular flexibility index (Phi) is 4.11. The van der Waals surface area contributed by atoms with Gasteiger partial charge in [0.05, 0.1) is 0 Å². The summed E-state index contributed by atoms with van der Waals surface area (Å²) in [6.07, 6.45) is 3.71. The van der Waals surface area contributed by atoms with E-state index in [9.17, 15) is 0 Å². The summed E-state index contributed by atoms with van der Waals surface area (Å²) in [5.41, 5.74) is 3.49. The maximum absolute atomic E-state index is 3.78. The molecule has 0 aromatic heterocycles. The van der Waals surface area contributed by atoms with Gasteiger partial charge in [-0.25, -0.2) is 0 Å². The smallest absolute Gasteiger partial charge is 0.0111 e. The van der Waals surface area contributed by atoms with Crippen molar-refractivity contribution < 1.29 is 0 Å². The first kappa shape index (κ1) is 13.6. The number of nitrogens with one attached hydrogen (secondary N) is 1. The Morgan fingerprint density at radius 2 is 1.89 bits per heavy atom. The van der Waals surface area contributed by atoms with Crippen molar-refractivity contribution in [2.45, 2.75) is 53.0 Å². The van der Waals surface area contributed by atoms with Crippen LogP contribution < -0.4 is 5.32 Å². The lowest BCUT2D eigenvalue weighted by molar-refractivity contribution is 0.224. The van der Waals surface area contributed by atoms with Crippen molar-refractivity contribution in [3.05, 3.63) is 35.4 Å². The fraction of sp³-hybridized carbons (Fsp3) is 0.647. The molecule has 1 aromatic carbocycles. The summed E-state index contributed by atoms with van der Waals surface area (Å²) < 4.78 is 0. The van der Waals surface area contributed by atoms with Crippen molar-refractivity contribution >= 4 is 0 Å². The van der Waals surface area contributed by atoms with Crippen molar-refractivity contribution in [2.75, 3.05) is 6.54 Å². The zero-order valence-corrected chi connectivity index (χ0v) is 12.3. The summed E-state index contributed by atoms with van der Waals surface area (Å²) in [6.45, 7) is 10.5. The fourth-order valence-corrected chi connectivity index (χ4v) is 2.48. The van der Waals surface area contributed by atoms with Crippen LogP contribution in [0, 0.1) is 11.3 Å². The number of hydrogen-bond donors (Lipinski definition) is 1. The fourth-order valence-electron chi connectivity index (χ4n) is 2.48. The molecule has 0 amide bonds. The van der Waals surface area contributed by atoms with Gasteiger partial charge < -0.3 is 5.32 Å². The van der Waals surface area contributed by atoms with E-state index in [1.807, 2.05) is 0 Å². The Hall–Kier alpha value is -0.820. The summed E-state index contributed by atoms with van der Waals surface area (Å²) in [6, 6.07) is 9.56. The molecule has 0 spiro atoms. The molecule has 0 bridgehead atoms. The first-order valence-corrected chi connectivity index (χ1v) is 7.29. The standard InChI is InChI=1S/C17H27N/c1-13(2)17(3,4)12-18-16-10-9-14-7-5-6-8-15(14)11-16/h5-8,13,16,18H,9-12H2,1-4H3. The molecule has 1 nitrogen and oxygen atoms in total. The van der Waals surface area contributed by atoms with Crippen LogP contribution in [0.25, 0.3) is 0 Å². The largest absolute Gasteiger partial charge is 0.313 e. The van der Waals surface area contributed by atoms with Gasteiger partial charge in [-0.3, -0.25) is 0 Å². The Morgan fingerprint density at radius 3 is 2.56 bits per heavy atom. The minimum atomic E-state index is 0.386. The zero-order valence-electron chi connectivity index (χ0n) is 12.3. The molecule has 0 saturated heterocycles. The van der Waals surface area contributed by atoms with E-state index in [4.69, 9.17) is 0 Å². The number of fused-ring (bicyclic) bond motifs is 1. The molecular weight excluding hydrogens is 218 g/mol. The highest BCUT2D eigenvalue weighted by Gasteiger charge is 2.24. The van der Waals surface area contributed by atoms with Crippen LogP contribution in [-0.4, -0.2) is 12.6 Å². The van der Waals surface area contributed by atoms with Crippen LogP contribution in [0.4, 0.5) is 0 Å². The van der Waals surface area contributed by atoms with E-state index < -0.39 is 0 Å². The third-order valence-electron chi connectivity index (χ3n) is 4.76. The second-order valence-corrected chi connectivity index (χ2v) is 6.73. The monoisotopic (exact) mass is 245 g/mol. The van der Waals surface area contributed by atoms with Gasteiger partial charge in [0.2, 0.25) is 0 Å². The molecule has 100 valence electrons. The molecule has 0 fully saturated rings. The second-order valence-electron chi connectivity index (χ2n) is 6.73. The molecule has 1 aliphatic rings. The second kappa shape index (κ2) is 5.44. The summed E-state index contributed by atoms with van der Waals surface area (Å²) in [5, 5.41) is 3.78. The lowest BCUT2D eigenvalue weighted by Crippen LogP contribution is -2.42. The third kappa shape index (κ3) is 3.14. The van der Waals surface area contributed by atoms with Crippen molar-refractivity contribution in [1.82, 2.24) is 5.32 Å². The van der Waals surface area contributed by atoms with E-state index in [-0.39, 0.29) is 0 Å². The Balaban J connectivity index is 1.91. The van der Waals surface area contributed by atoms with Gasteiger partial charge in [0.1, 0.15) is 0 Å². The van der Waals surface area contributed by atoms with E-state index in [2.05, 4.69) is 57.3 Å². The van der Waals surface area contributed by atoms with Crippen LogP contribution in [-0.2, 0) is 12.8 Å². The quantitative estimate of drug-likeness (QED) is 0.850. The van der Waals surface area contributed by atoms with Crippen LogP contribution in [0.15, 0.2) is 24.3 Å². The number of benzene rings is 1. The zero-order chi connectivity index (χ0) is 13.2. The van der Waals surface area contributed by atoms with Crippen molar-refractivity contribution in [2.24, 2.45) is 11.3 Å². The molecule has 0 saturated carbocycles. The van der Waals surface area contributed by atoms with Gasteiger partial charge in [-0.2, -0.15) is 0 Å². The molecule has 0 aliphatic heterocycles. The minimum absolute atomic E-state index is 0.386. The average molecular weight is 245 g/mol. The van der Waals surface area contributed by atoms with Crippen molar-refractivity contribution in [1.29, 1.82) is 0 Å². The van der Waals surface area contributed by atoms with Gasteiger partial charge in [0, 0.05) is 12.6 Å². The highest BCUT2D eigenvalue weighted by Crippen LogP contribution is 2.26. The first-order valence-electron chi connectivity index (χ1n) is 7.29. The third-order valence-corrected chi connectivity index (χ3v) is 4.76. The number of aryl methyl sites for hydroxylation is 1. The molecule has 2 rings (SSSR count). The maximum atomic E-state index is 3.78. The average Bonchev–Trinajstić information content (AvgIpc) is 2.36. The predicted octanol–water partition coefficient (Wildman–Crippen LogP) is 3.82. The lowest BCUT2D eigenvalue weighted by Gasteiger charge is -2.33. The van der Waals surface area contributed by atoms with E-state index in [0.717, 1.165) is 12.5 Å². The van der Waals surface area contributed by atoms with Crippen LogP contribution in [0.3, 0.4) is 0 Å². The molecule has 1 unspecified atom stereocenters. The SMILES string of the molecule is CC(C)C(C)(C)CNC1CCc2ccccc2C1. The molecule has 1 atom stereocenters.